The van der Waals surface area contributed by atoms with Gasteiger partial charge >= 0.3 is 11.9 Å². The normalized spacial score (nSPS) is 10.2. The van der Waals surface area contributed by atoms with Gasteiger partial charge in [-0.25, -0.2) is 9.59 Å². The number of methoxy groups -OCH3 is 1. The smallest absolute Gasteiger partial charge is 0.338 e. The Labute approximate surface area is 136 Å². The quantitative estimate of drug-likeness (QED) is 0.767. The third-order valence-corrected chi connectivity index (χ3v) is 3.54. The van der Waals surface area contributed by atoms with E-state index in [9.17, 15) is 9.59 Å². The van der Waals surface area contributed by atoms with Gasteiger partial charge in [0.15, 0.2) is 0 Å². The van der Waals surface area contributed by atoms with Gasteiger partial charge in [0.05, 0.1) is 24.8 Å². The van der Waals surface area contributed by atoms with Crippen molar-refractivity contribution >= 4 is 11.9 Å². The van der Waals surface area contributed by atoms with Crippen LogP contribution in [0.4, 0.5) is 0 Å². The summed E-state index contributed by atoms with van der Waals surface area (Å²) < 4.78 is 9.64. The first-order valence-electron chi connectivity index (χ1n) is 7.57. The van der Waals surface area contributed by atoms with Crippen molar-refractivity contribution in [1.29, 1.82) is 0 Å². The fourth-order valence-electron chi connectivity index (χ4n) is 2.24. The standard InChI is InChI=1S/C19H20O4/c1-3-23-19(21)17-12-8-15(9-13-17)5-4-14-6-10-16(11-7-14)18(20)22-2/h6-13H,3-5H2,1-2H3. The van der Waals surface area contributed by atoms with Crippen LogP contribution in [0.1, 0.15) is 38.8 Å². The summed E-state index contributed by atoms with van der Waals surface area (Å²) in [6, 6.07) is 14.8. The first kappa shape index (κ1) is 16.7. The zero-order valence-electron chi connectivity index (χ0n) is 13.4. The fourth-order valence-corrected chi connectivity index (χ4v) is 2.24. The molecule has 0 unspecified atom stereocenters. The molecule has 23 heavy (non-hydrogen) atoms. The Hall–Kier alpha value is -2.62. The molecule has 0 amide bonds. The van der Waals surface area contributed by atoms with Gasteiger partial charge in [0, 0.05) is 0 Å². The summed E-state index contributed by atoms with van der Waals surface area (Å²) in [6.07, 6.45) is 1.72. The molecule has 2 aromatic carbocycles. The lowest BCUT2D eigenvalue weighted by molar-refractivity contribution is 0.0525. The Bertz CT molecular complexity index is 657. The number of esters is 2. The lowest BCUT2D eigenvalue weighted by Gasteiger charge is -2.05. The van der Waals surface area contributed by atoms with Crippen LogP contribution in [0.3, 0.4) is 0 Å². The molecule has 0 fully saturated rings. The van der Waals surface area contributed by atoms with E-state index in [1.807, 2.05) is 24.3 Å². The number of ether oxygens (including phenoxy) is 2. The molecule has 0 bridgehead atoms. The highest BCUT2D eigenvalue weighted by Crippen LogP contribution is 2.11. The van der Waals surface area contributed by atoms with E-state index in [-0.39, 0.29) is 11.9 Å². The zero-order valence-corrected chi connectivity index (χ0v) is 13.4. The number of carbonyl (C=O) groups is 2. The van der Waals surface area contributed by atoms with E-state index < -0.39 is 0 Å². The van der Waals surface area contributed by atoms with Crippen molar-refractivity contribution in [3.63, 3.8) is 0 Å². The topological polar surface area (TPSA) is 52.6 Å². The first-order valence-corrected chi connectivity index (χ1v) is 7.57. The van der Waals surface area contributed by atoms with Gasteiger partial charge in [0.2, 0.25) is 0 Å². The Morgan fingerprint density at radius 3 is 1.61 bits per heavy atom. The largest absolute Gasteiger partial charge is 0.465 e. The minimum absolute atomic E-state index is 0.294. The highest BCUT2D eigenvalue weighted by Gasteiger charge is 2.06. The Kier molecular flexibility index (Phi) is 5.92. The van der Waals surface area contributed by atoms with Crippen molar-refractivity contribution in [2.45, 2.75) is 19.8 Å². The average Bonchev–Trinajstić information content (AvgIpc) is 2.60. The van der Waals surface area contributed by atoms with Gasteiger partial charge in [0.25, 0.3) is 0 Å². The molecule has 4 heteroatoms. The monoisotopic (exact) mass is 312 g/mol. The SMILES string of the molecule is CCOC(=O)c1ccc(CCc2ccc(C(=O)OC)cc2)cc1. The summed E-state index contributed by atoms with van der Waals surface area (Å²) in [5.74, 6) is -0.622. The molecular formula is C19H20O4. The minimum atomic E-state index is -0.328. The summed E-state index contributed by atoms with van der Waals surface area (Å²) in [5, 5.41) is 0. The Morgan fingerprint density at radius 1 is 0.783 bits per heavy atom. The molecule has 0 aliphatic rings. The van der Waals surface area contributed by atoms with Crippen LogP contribution < -0.4 is 0 Å². The zero-order chi connectivity index (χ0) is 16.7. The lowest BCUT2D eigenvalue weighted by Crippen LogP contribution is -2.04. The number of rotatable bonds is 6. The van der Waals surface area contributed by atoms with Crippen molar-refractivity contribution in [3.05, 3.63) is 70.8 Å². The van der Waals surface area contributed by atoms with Crippen LogP contribution in [-0.4, -0.2) is 25.7 Å². The maximum atomic E-state index is 11.6. The van der Waals surface area contributed by atoms with Crippen LogP contribution in [0.15, 0.2) is 48.5 Å². The molecule has 0 aromatic heterocycles. The molecule has 0 saturated heterocycles. The molecule has 2 aromatic rings. The molecule has 0 spiro atoms. The maximum absolute atomic E-state index is 11.6. The first-order chi connectivity index (χ1) is 11.1. The van der Waals surface area contributed by atoms with E-state index in [2.05, 4.69) is 4.74 Å². The predicted octanol–water partition coefficient (Wildman–Crippen LogP) is 3.44. The van der Waals surface area contributed by atoms with Crippen molar-refractivity contribution in [3.8, 4) is 0 Å². The second-order valence-electron chi connectivity index (χ2n) is 5.11. The van der Waals surface area contributed by atoms with Crippen molar-refractivity contribution in [1.82, 2.24) is 0 Å². The minimum Gasteiger partial charge on any atom is -0.465 e. The molecule has 0 aliphatic carbocycles. The molecule has 0 atom stereocenters. The van der Waals surface area contributed by atoms with Crippen molar-refractivity contribution in [2.75, 3.05) is 13.7 Å². The van der Waals surface area contributed by atoms with E-state index >= 15 is 0 Å². The second-order valence-corrected chi connectivity index (χ2v) is 5.11. The van der Waals surface area contributed by atoms with Gasteiger partial charge in [-0.2, -0.15) is 0 Å². The van der Waals surface area contributed by atoms with E-state index in [0.29, 0.717) is 17.7 Å². The average molecular weight is 312 g/mol. The van der Waals surface area contributed by atoms with Gasteiger partial charge in [-0.3, -0.25) is 0 Å². The molecule has 0 saturated carbocycles. The van der Waals surface area contributed by atoms with Crippen LogP contribution in [0.2, 0.25) is 0 Å². The Morgan fingerprint density at radius 2 is 1.22 bits per heavy atom. The van der Waals surface area contributed by atoms with Crippen LogP contribution in [-0.2, 0) is 22.3 Å². The van der Waals surface area contributed by atoms with E-state index in [1.165, 1.54) is 7.11 Å². The highest BCUT2D eigenvalue weighted by atomic mass is 16.5. The van der Waals surface area contributed by atoms with Gasteiger partial charge in [-0.1, -0.05) is 24.3 Å². The van der Waals surface area contributed by atoms with Crippen LogP contribution in [0.5, 0.6) is 0 Å². The Balaban J connectivity index is 1.93. The van der Waals surface area contributed by atoms with Gasteiger partial charge < -0.3 is 9.47 Å². The summed E-state index contributed by atoms with van der Waals surface area (Å²) in [4.78, 5) is 23.0. The van der Waals surface area contributed by atoms with Crippen LogP contribution in [0.25, 0.3) is 0 Å². The number of benzene rings is 2. The predicted molar refractivity (Wildman–Crippen MR) is 87.6 cm³/mol. The highest BCUT2D eigenvalue weighted by molar-refractivity contribution is 5.89. The van der Waals surface area contributed by atoms with Crippen LogP contribution in [0, 0.1) is 0 Å². The number of aryl methyl sites for hydroxylation is 2. The van der Waals surface area contributed by atoms with Crippen LogP contribution >= 0.6 is 0 Å². The third-order valence-electron chi connectivity index (χ3n) is 3.54. The maximum Gasteiger partial charge on any atom is 0.338 e. The van der Waals surface area contributed by atoms with Gasteiger partial charge in [-0.15, -0.1) is 0 Å². The number of carbonyl (C=O) groups excluding carboxylic acids is 2. The van der Waals surface area contributed by atoms with Gasteiger partial charge in [0.1, 0.15) is 0 Å². The van der Waals surface area contributed by atoms with E-state index in [0.717, 1.165) is 24.0 Å². The molecular weight excluding hydrogens is 292 g/mol. The molecule has 0 heterocycles. The van der Waals surface area contributed by atoms with Crippen molar-refractivity contribution in [2.24, 2.45) is 0 Å². The molecule has 0 radical (unpaired) electrons. The number of hydrogen-bond acceptors (Lipinski definition) is 4. The summed E-state index contributed by atoms with van der Waals surface area (Å²) in [7, 11) is 1.37. The molecule has 0 aliphatic heterocycles. The molecule has 120 valence electrons. The van der Waals surface area contributed by atoms with Crippen molar-refractivity contribution < 1.29 is 19.1 Å². The number of hydrogen-bond donors (Lipinski definition) is 0. The lowest BCUT2D eigenvalue weighted by atomic mass is 10.0. The van der Waals surface area contributed by atoms with E-state index in [1.54, 1.807) is 31.2 Å². The molecule has 2 rings (SSSR count). The molecule has 4 nitrogen and oxygen atoms in total. The fraction of sp³-hybridized carbons (Fsp3) is 0.263. The molecule has 0 N–H and O–H groups in total. The van der Waals surface area contributed by atoms with E-state index in [4.69, 9.17) is 4.74 Å². The second kappa shape index (κ2) is 8.13. The summed E-state index contributed by atoms with van der Waals surface area (Å²) in [6.45, 7) is 2.17. The van der Waals surface area contributed by atoms with Gasteiger partial charge in [-0.05, 0) is 55.2 Å². The summed E-state index contributed by atoms with van der Waals surface area (Å²) >= 11 is 0. The summed E-state index contributed by atoms with van der Waals surface area (Å²) in [5.41, 5.74) is 3.41. The third kappa shape index (κ3) is 4.68.